The Balaban J connectivity index is 1.66. The van der Waals surface area contributed by atoms with Crippen molar-refractivity contribution in [2.24, 2.45) is 7.05 Å². The second-order valence-electron chi connectivity index (χ2n) is 5.94. The molecule has 8 heteroatoms. The van der Waals surface area contributed by atoms with Gasteiger partial charge in [-0.3, -0.25) is 14.3 Å². The molecule has 0 aliphatic rings. The second-order valence-corrected chi connectivity index (χ2v) is 5.94. The monoisotopic (exact) mass is 381 g/mol. The van der Waals surface area contributed by atoms with Crippen LogP contribution in [0.2, 0.25) is 0 Å². The van der Waals surface area contributed by atoms with E-state index in [4.69, 9.17) is 9.15 Å². The highest BCUT2D eigenvalue weighted by molar-refractivity contribution is 5.94. The van der Waals surface area contributed by atoms with E-state index in [1.165, 1.54) is 17.0 Å². The van der Waals surface area contributed by atoms with Crippen LogP contribution in [-0.2, 0) is 21.4 Å². The van der Waals surface area contributed by atoms with Gasteiger partial charge >= 0.3 is 5.97 Å². The summed E-state index contributed by atoms with van der Waals surface area (Å²) in [5.41, 5.74) is 1.02. The van der Waals surface area contributed by atoms with Crippen LogP contribution in [0.3, 0.4) is 0 Å². The van der Waals surface area contributed by atoms with Gasteiger partial charge in [-0.1, -0.05) is 18.2 Å². The molecule has 0 saturated carbocycles. The largest absolute Gasteiger partial charge is 0.465 e. The molecule has 0 aliphatic heterocycles. The van der Waals surface area contributed by atoms with E-state index in [-0.39, 0.29) is 11.2 Å². The smallest absolute Gasteiger partial charge is 0.331 e. The van der Waals surface area contributed by atoms with Crippen LogP contribution in [0.15, 0.2) is 64.0 Å². The highest BCUT2D eigenvalue weighted by atomic mass is 16.5. The second kappa shape index (κ2) is 8.26. The number of carbonyl (C=O) groups is 2. The van der Waals surface area contributed by atoms with Crippen molar-refractivity contribution < 1.29 is 18.7 Å². The number of hydrogen-bond acceptors (Lipinski definition) is 5. The van der Waals surface area contributed by atoms with Crippen LogP contribution in [0.5, 0.6) is 0 Å². The molecule has 0 radical (unpaired) electrons. The van der Waals surface area contributed by atoms with Crippen molar-refractivity contribution in [1.29, 1.82) is 0 Å². The summed E-state index contributed by atoms with van der Waals surface area (Å²) >= 11 is 0. The zero-order valence-electron chi connectivity index (χ0n) is 15.4. The first-order valence-electron chi connectivity index (χ1n) is 8.49. The van der Waals surface area contributed by atoms with Gasteiger partial charge in [0.1, 0.15) is 11.4 Å². The number of ether oxygens (including phenoxy) is 1. The van der Waals surface area contributed by atoms with Gasteiger partial charge in [0.25, 0.3) is 11.5 Å². The Morgan fingerprint density at radius 3 is 2.61 bits per heavy atom. The summed E-state index contributed by atoms with van der Waals surface area (Å²) in [5, 5.41) is 2.52. The number of nitrogens with one attached hydrogen (secondary N) is 1. The predicted octanol–water partition coefficient (Wildman–Crippen LogP) is 2.27. The van der Waals surface area contributed by atoms with Crippen LogP contribution >= 0.6 is 0 Å². The molecule has 144 valence electrons. The lowest BCUT2D eigenvalue weighted by atomic mass is 10.3. The SMILES string of the molecule is Cc1c(NC(=O)COC(=O)/C=C/c2ccco2)c(=O)n(-c2ccccc2)n1C. The lowest BCUT2D eigenvalue weighted by Gasteiger charge is -2.07. The van der Waals surface area contributed by atoms with Crippen molar-refractivity contribution in [3.8, 4) is 5.69 Å². The maximum absolute atomic E-state index is 12.7. The van der Waals surface area contributed by atoms with Crippen molar-refractivity contribution >= 4 is 23.6 Å². The van der Waals surface area contributed by atoms with Gasteiger partial charge in [0.15, 0.2) is 6.61 Å². The molecule has 8 nitrogen and oxygen atoms in total. The molecule has 1 N–H and O–H groups in total. The minimum atomic E-state index is -0.696. The lowest BCUT2D eigenvalue weighted by Crippen LogP contribution is -2.25. The number of hydrogen-bond donors (Lipinski definition) is 1. The topological polar surface area (TPSA) is 95.5 Å². The molecule has 3 aromatic rings. The molecule has 0 spiro atoms. The Bertz CT molecular complexity index is 1060. The molecule has 3 rings (SSSR count). The Labute approximate surface area is 160 Å². The summed E-state index contributed by atoms with van der Waals surface area (Å²) in [6.07, 6.45) is 4.06. The maximum atomic E-state index is 12.7. The van der Waals surface area contributed by atoms with Crippen molar-refractivity contribution in [3.05, 3.63) is 76.6 Å². The first kappa shape index (κ1) is 19.0. The first-order chi connectivity index (χ1) is 13.5. The molecule has 0 bridgehead atoms. The Kier molecular flexibility index (Phi) is 5.59. The van der Waals surface area contributed by atoms with E-state index < -0.39 is 18.5 Å². The molecular weight excluding hydrogens is 362 g/mol. The van der Waals surface area contributed by atoms with Crippen LogP contribution in [0.4, 0.5) is 5.69 Å². The number of rotatable bonds is 6. The fraction of sp³-hybridized carbons (Fsp3) is 0.150. The van der Waals surface area contributed by atoms with Crippen LogP contribution in [0, 0.1) is 6.92 Å². The van der Waals surface area contributed by atoms with Crippen molar-refractivity contribution in [1.82, 2.24) is 9.36 Å². The molecule has 1 amide bonds. The van der Waals surface area contributed by atoms with Crippen molar-refractivity contribution in [3.63, 3.8) is 0 Å². The normalized spacial score (nSPS) is 10.9. The van der Waals surface area contributed by atoms with E-state index in [2.05, 4.69) is 5.32 Å². The zero-order chi connectivity index (χ0) is 20.1. The number of esters is 1. The summed E-state index contributed by atoms with van der Waals surface area (Å²) in [4.78, 5) is 36.5. The molecule has 1 aromatic carbocycles. The summed E-state index contributed by atoms with van der Waals surface area (Å²) in [7, 11) is 1.72. The number of aromatic nitrogens is 2. The molecule has 2 aromatic heterocycles. The van der Waals surface area contributed by atoms with Crippen LogP contribution in [0.25, 0.3) is 11.8 Å². The number of benzene rings is 1. The number of para-hydroxylation sites is 1. The van der Waals surface area contributed by atoms with Gasteiger partial charge in [-0.05, 0) is 37.3 Å². The molecule has 0 aliphatic carbocycles. The molecular formula is C20H19N3O5. The minimum Gasteiger partial charge on any atom is -0.465 e. The Morgan fingerprint density at radius 2 is 1.93 bits per heavy atom. The van der Waals surface area contributed by atoms with Crippen LogP contribution in [0.1, 0.15) is 11.5 Å². The summed E-state index contributed by atoms with van der Waals surface area (Å²) in [5.74, 6) is -0.813. The molecule has 0 fully saturated rings. The van der Waals surface area contributed by atoms with Crippen molar-refractivity contribution in [2.45, 2.75) is 6.92 Å². The van der Waals surface area contributed by atoms with E-state index in [1.54, 1.807) is 42.9 Å². The molecule has 28 heavy (non-hydrogen) atoms. The predicted molar refractivity (Wildman–Crippen MR) is 103 cm³/mol. The Morgan fingerprint density at radius 1 is 1.18 bits per heavy atom. The zero-order valence-corrected chi connectivity index (χ0v) is 15.4. The summed E-state index contributed by atoms with van der Waals surface area (Å²) < 4.78 is 13.0. The van der Waals surface area contributed by atoms with Gasteiger partial charge in [-0.15, -0.1) is 0 Å². The van der Waals surface area contributed by atoms with E-state index in [0.29, 0.717) is 17.1 Å². The third-order valence-corrected chi connectivity index (χ3v) is 4.09. The maximum Gasteiger partial charge on any atom is 0.331 e. The third kappa shape index (κ3) is 4.12. The van der Waals surface area contributed by atoms with Gasteiger partial charge in [0, 0.05) is 13.1 Å². The lowest BCUT2D eigenvalue weighted by molar-refractivity contribution is -0.142. The molecule has 2 heterocycles. The quantitative estimate of drug-likeness (QED) is 0.522. The number of nitrogens with zero attached hydrogens (tertiary/aromatic N) is 2. The number of anilines is 1. The van der Waals surface area contributed by atoms with Gasteiger partial charge in [-0.25, -0.2) is 9.48 Å². The first-order valence-corrected chi connectivity index (χ1v) is 8.49. The number of furan rings is 1. The fourth-order valence-electron chi connectivity index (χ4n) is 2.61. The number of amides is 1. The third-order valence-electron chi connectivity index (χ3n) is 4.09. The highest BCUT2D eigenvalue weighted by Crippen LogP contribution is 2.13. The van der Waals surface area contributed by atoms with Gasteiger partial charge in [0.2, 0.25) is 0 Å². The van der Waals surface area contributed by atoms with Gasteiger partial charge in [0.05, 0.1) is 17.6 Å². The van der Waals surface area contributed by atoms with E-state index >= 15 is 0 Å². The summed E-state index contributed by atoms with van der Waals surface area (Å²) in [6, 6.07) is 12.4. The van der Waals surface area contributed by atoms with Crippen LogP contribution in [-0.4, -0.2) is 27.8 Å². The van der Waals surface area contributed by atoms with E-state index in [9.17, 15) is 14.4 Å². The van der Waals surface area contributed by atoms with E-state index in [0.717, 1.165) is 6.08 Å². The summed E-state index contributed by atoms with van der Waals surface area (Å²) in [6.45, 7) is 1.20. The molecule has 0 unspecified atom stereocenters. The average molecular weight is 381 g/mol. The van der Waals surface area contributed by atoms with Gasteiger partial charge < -0.3 is 14.5 Å². The molecule has 0 atom stereocenters. The standard InChI is InChI=1S/C20H19N3O5/c1-14-19(20(26)23(22(14)2)15-7-4-3-5-8-15)21-17(24)13-28-18(25)11-10-16-9-6-12-27-16/h3-12H,13H2,1-2H3,(H,21,24)/b11-10+. The van der Waals surface area contributed by atoms with E-state index in [1.807, 2.05) is 18.2 Å². The average Bonchev–Trinajstić information content (AvgIpc) is 3.29. The number of carbonyl (C=O) groups excluding carboxylic acids is 2. The van der Waals surface area contributed by atoms with Crippen LogP contribution < -0.4 is 10.9 Å². The fourth-order valence-corrected chi connectivity index (χ4v) is 2.61. The van der Waals surface area contributed by atoms with Gasteiger partial charge in [-0.2, -0.15) is 0 Å². The molecule has 0 saturated heterocycles. The Hall–Kier alpha value is -3.81. The minimum absolute atomic E-state index is 0.138. The van der Waals surface area contributed by atoms with Crippen molar-refractivity contribution in [2.75, 3.05) is 11.9 Å². The highest BCUT2D eigenvalue weighted by Gasteiger charge is 2.18.